The quantitative estimate of drug-likeness (QED) is 0.485. The number of carbonyl (C=O) groups is 1. The van der Waals surface area contributed by atoms with Crippen molar-refractivity contribution in [1.82, 2.24) is 0 Å². The van der Waals surface area contributed by atoms with Crippen LogP contribution in [0.3, 0.4) is 0 Å². The lowest BCUT2D eigenvalue weighted by Crippen LogP contribution is -2.11. The van der Waals surface area contributed by atoms with Crippen LogP contribution in [0.2, 0.25) is 5.02 Å². The molecule has 10 heteroatoms. The lowest BCUT2D eigenvalue weighted by molar-refractivity contribution is -0.137. The first-order chi connectivity index (χ1) is 14.9. The van der Waals surface area contributed by atoms with Crippen LogP contribution in [0.1, 0.15) is 21.5 Å². The molecular formula is C22H16ClF3O5S. The lowest BCUT2D eigenvalue weighted by Gasteiger charge is -2.16. The topological polar surface area (TPSA) is 80.7 Å². The molecule has 0 aliphatic rings. The highest BCUT2D eigenvalue weighted by molar-refractivity contribution is 7.90. The van der Waals surface area contributed by atoms with Gasteiger partial charge in [0.15, 0.2) is 9.84 Å². The van der Waals surface area contributed by atoms with Crippen LogP contribution in [0.4, 0.5) is 13.2 Å². The molecule has 0 radical (unpaired) electrons. The Morgan fingerprint density at radius 3 is 2.38 bits per heavy atom. The number of rotatable bonds is 6. The van der Waals surface area contributed by atoms with E-state index in [1.54, 1.807) is 18.2 Å². The lowest BCUT2D eigenvalue weighted by atomic mass is 9.98. The minimum Gasteiger partial charge on any atom is -0.495 e. The zero-order valence-electron chi connectivity index (χ0n) is 16.5. The van der Waals surface area contributed by atoms with Crippen molar-refractivity contribution in [1.29, 1.82) is 0 Å². The van der Waals surface area contributed by atoms with Gasteiger partial charge in [0, 0.05) is 5.02 Å². The molecule has 3 aromatic rings. The molecule has 1 N–H and O–H groups in total. The Morgan fingerprint density at radius 1 is 1.06 bits per heavy atom. The minimum atomic E-state index is -4.69. The van der Waals surface area contributed by atoms with E-state index in [1.807, 2.05) is 0 Å². The van der Waals surface area contributed by atoms with Crippen molar-refractivity contribution >= 4 is 27.4 Å². The summed E-state index contributed by atoms with van der Waals surface area (Å²) in [5, 5.41) is 9.53. The molecule has 0 amide bonds. The van der Waals surface area contributed by atoms with E-state index in [1.165, 1.54) is 31.4 Å². The van der Waals surface area contributed by atoms with Gasteiger partial charge in [0.05, 0.1) is 24.0 Å². The van der Waals surface area contributed by atoms with Crippen LogP contribution >= 0.6 is 11.6 Å². The number of sulfone groups is 1. The maximum absolute atomic E-state index is 13.3. The number of carboxylic acid groups (broad SMARTS) is 1. The molecule has 3 aromatic carbocycles. The molecular weight excluding hydrogens is 469 g/mol. The molecule has 168 valence electrons. The van der Waals surface area contributed by atoms with E-state index < -0.39 is 38.2 Å². The largest absolute Gasteiger partial charge is 0.495 e. The molecule has 0 aromatic heterocycles. The molecule has 0 bridgehead atoms. The van der Waals surface area contributed by atoms with Crippen LogP contribution in [0.5, 0.6) is 5.75 Å². The molecule has 0 heterocycles. The third-order valence-corrected chi connectivity index (χ3v) is 6.57. The number of methoxy groups -OCH3 is 1. The third kappa shape index (κ3) is 5.05. The van der Waals surface area contributed by atoms with E-state index in [0.29, 0.717) is 10.6 Å². The molecule has 32 heavy (non-hydrogen) atoms. The minimum absolute atomic E-state index is 0.119. The van der Waals surface area contributed by atoms with Crippen LogP contribution in [0.15, 0.2) is 65.6 Å². The summed E-state index contributed by atoms with van der Waals surface area (Å²) in [5.41, 5.74) is -0.756. The molecule has 0 aliphatic carbocycles. The molecule has 0 atom stereocenters. The number of aromatic carboxylic acids is 1. The first-order valence-corrected chi connectivity index (χ1v) is 11.1. The second-order valence-electron chi connectivity index (χ2n) is 6.81. The van der Waals surface area contributed by atoms with Gasteiger partial charge in [-0.05, 0) is 59.2 Å². The van der Waals surface area contributed by atoms with Gasteiger partial charge in [0.25, 0.3) is 0 Å². The summed E-state index contributed by atoms with van der Waals surface area (Å²) in [6.07, 6.45) is -4.69. The Morgan fingerprint density at radius 2 is 1.78 bits per heavy atom. The van der Waals surface area contributed by atoms with Crippen LogP contribution < -0.4 is 4.74 Å². The van der Waals surface area contributed by atoms with E-state index in [4.69, 9.17) is 16.3 Å². The van der Waals surface area contributed by atoms with Crippen LogP contribution in [0.25, 0.3) is 11.1 Å². The van der Waals surface area contributed by atoms with E-state index in [9.17, 15) is 31.5 Å². The Hall–Kier alpha value is -3.04. The van der Waals surface area contributed by atoms with Gasteiger partial charge in [-0.25, -0.2) is 13.2 Å². The Bertz CT molecular complexity index is 1290. The molecule has 5 nitrogen and oxygen atoms in total. The first-order valence-electron chi connectivity index (χ1n) is 9.02. The molecule has 0 spiro atoms. The molecule has 0 saturated carbocycles. The van der Waals surface area contributed by atoms with Crippen molar-refractivity contribution in [2.24, 2.45) is 0 Å². The summed E-state index contributed by atoms with van der Waals surface area (Å²) in [6.45, 7) is 0. The highest BCUT2D eigenvalue weighted by atomic mass is 35.5. The number of halogens is 4. The SMILES string of the molecule is COc1ccc(C(=O)O)cc1S(=O)(=O)Cc1cc(C(F)(F)F)ccc1-c1cccc(Cl)c1. The summed E-state index contributed by atoms with van der Waals surface area (Å²) in [6, 6.07) is 12.3. The van der Waals surface area contributed by atoms with Gasteiger partial charge < -0.3 is 9.84 Å². The molecule has 0 unspecified atom stereocenters. The smallest absolute Gasteiger partial charge is 0.416 e. The van der Waals surface area contributed by atoms with Crippen LogP contribution in [0, 0.1) is 0 Å². The monoisotopic (exact) mass is 484 g/mol. The van der Waals surface area contributed by atoms with Gasteiger partial charge in [-0.2, -0.15) is 13.2 Å². The number of carboxylic acids is 1. The number of ether oxygens (including phenoxy) is 1. The maximum Gasteiger partial charge on any atom is 0.416 e. The average Bonchev–Trinajstić information content (AvgIpc) is 2.72. The fourth-order valence-corrected chi connectivity index (χ4v) is 4.92. The highest BCUT2D eigenvalue weighted by Crippen LogP contribution is 2.36. The van der Waals surface area contributed by atoms with Crippen LogP contribution in [-0.4, -0.2) is 26.6 Å². The van der Waals surface area contributed by atoms with Crippen molar-refractivity contribution in [2.45, 2.75) is 16.8 Å². The summed E-state index contributed by atoms with van der Waals surface area (Å²) < 4.78 is 71.4. The fourth-order valence-electron chi connectivity index (χ4n) is 3.16. The fraction of sp³-hybridized carbons (Fsp3) is 0.136. The average molecular weight is 485 g/mol. The van der Waals surface area contributed by atoms with Crippen molar-refractivity contribution in [3.05, 3.63) is 82.4 Å². The normalized spacial score (nSPS) is 11.9. The summed E-state index contributed by atoms with van der Waals surface area (Å²) in [7, 11) is -3.10. The maximum atomic E-state index is 13.3. The van der Waals surface area contributed by atoms with Gasteiger partial charge in [-0.3, -0.25) is 0 Å². The van der Waals surface area contributed by atoms with Crippen LogP contribution in [-0.2, 0) is 21.8 Å². The predicted molar refractivity (Wildman–Crippen MR) is 113 cm³/mol. The van der Waals surface area contributed by atoms with E-state index >= 15 is 0 Å². The number of hydrogen-bond acceptors (Lipinski definition) is 4. The van der Waals surface area contributed by atoms with Crippen molar-refractivity contribution < 1.29 is 36.2 Å². The zero-order valence-corrected chi connectivity index (χ0v) is 18.1. The van der Waals surface area contributed by atoms with Gasteiger partial charge in [-0.15, -0.1) is 0 Å². The first kappa shape index (κ1) is 23.6. The Balaban J connectivity index is 2.18. The summed E-state index contributed by atoms with van der Waals surface area (Å²) >= 11 is 6.00. The Labute approximate surface area is 186 Å². The van der Waals surface area contributed by atoms with Crippen molar-refractivity contribution in [3.63, 3.8) is 0 Å². The number of hydrogen-bond donors (Lipinski definition) is 1. The summed E-state index contributed by atoms with van der Waals surface area (Å²) in [5.74, 6) is -2.30. The highest BCUT2D eigenvalue weighted by Gasteiger charge is 2.32. The van der Waals surface area contributed by atoms with Gasteiger partial charge in [0.1, 0.15) is 10.6 Å². The van der Waals surface area contributed by atoms with E-state index in [0.717, 1.165) is 18.2 Å². The van der Waals surface area contributed by atoms with E-state index in [-0.39, 0.29) is 22.4 Å². The second-order valence-corrected chi connectivity index (χ2v) is 9.20. The Kier molecular flexibility index (Phi) is 6.52. The summed E-state index contributed by atoms with van der Waals surface area (Å²) in [4.78, 5) is 10.9. The second kappa shape index (κ2) is 8.84. The molecule has 0 fully saturated rings. The van der Waals surface area contributed by atoms with Gasteiger partial charge >= 0.3 is 12.1 Å². The van der Waals surface area contributed by atoms with E-state index in [2.05, 4.69) is 0 Å². The van der Waals surface area contributed by atoms with Crippen molar-refractivity contribution in [3.8, 4) is 16.9 Å². The zero-order chi connectivity index (χ0) is 23.7. The standard InChI is InChI=1S/C22H16ClF3O5S/c1-31-19-8-5-14(21(27)28)11-20(19)32(29,30)12-15-9-16(22(24,25)26)6-7-18(15)13-3-2-4-17(23)10-13/h2-11H,12H2,1H3,(H,27,28). The predicted octanol–water partition coefficient (Wildman–Crippen LogP) is 5.71. The van der Waals surface area contributed by atoms with Gasteiger partial charge in [-0.1, -0.05) is 29.8 Å². The number of benzene rings is 3. The molecule has 0 aliphatic heterocycles. The molecule has 0 saturated heterocycles. The molecule has 3 rings (SSSR count). The third-order valence-electron chi connectivity index (χ3n) is 4.66. The number of alkyl halides is 3. The van der Waals surface area contributed by atoms with Crippen molar-refractivity contribution in [2.75, 3.05) is 7.11 Å². The van der Waals surface area contributed by atoms with Gasteiger partial charge in [0.2, 0.25) is 0 Å².